The average molecular weight is 538 g/mol. The molecule has 3 heterocycles. The van der Waals surface area contributed by atoms with Gasteiger partial charge in [-0.1, -0.05) is 6.07 Å². The van der Waals surface area contributed by atoms with E-state index in [-0.39, 0.29) is 4.47 Å². The average Bonchev–Trinajstić information content (AvgIpc) is 3.19. The first kappa shape index (κ1) is 22.9. The number of hydrazone groups is 1. The van der Waals surface area contributed by atoms with E-state index < -0.39 is 26.7 Å². The molecule has 7 nitrogen and oxygen atoms in total. The van der Waals surface area contributed by atoms with E-state index in [4.69, 9.17) is 0 Å². The van der Waals surface area contributed by atoms with Crippen LogP contribution in [0.25, 0.3) is 16.8 Å². The van der Waals surface area contributed by atoms with Crippen molar-refractivity contribution in [1.82, 2.24) is 18.8 Å². The molecule has 0 atom stereocenters. The summed E-state index contributed by atoms with van der Waals surface area (Å²) >= 11 is 3.01. The van der Waals surface area contributed by atoms with Crippen molar-refractivity contribution in [2.24, 2.45) is 5.10 Å². The lowest BCUT2D eigenvalue weighted by atomic mass is 10.1. The van der Waals surface area contributed by atoms with Crippen LogP contribution in [0.15, 0.2) is 81.7 Å². The predicted octanol–water partition coefficient (Wildman–Crippen LogP) is 4.83. The SMILES string of the molecule is CN(N=Cc1cnc2ccc(-c3cccnc3)cn12)S(=O)(=O)c1cc(C(F)(F)F)ccc1Br. The van der Waals surface area contributed by atoms with Crippen LogP contribution < -0.4 is 0 Å². The number of hydrogen-bond acceptors (Lipinski definition) is 5. The largest absolute Gasteiger partial charge is 0.416 e. The van der Waals surface area contributed by atoms with Crippen molar-refractivity contribution in [1.29, 1.82) is 0 Å². The summed E-state index contributed by atoms with van der Waals surface area (Å²) < 4.78 is 67.3. The van der Waals surface area contributed by atoms with Crippen LogP contribution >= 0.6 is 15.9 Å². The summed E-state index contributed by atoms with van der Waals surface area (Å²) in [4.78, 5) is 7.81. The maximum atomic E-state index is 13.1. The first-order valence-electron chi connectivity index (χ1n) is 9.34. The van der Waals surface area contributed by atoms with E-state index in [0.717, 1.165) is 30.3 Å². The van der Waals surface area contributed by atoms with E-state index in [9.17, 15) is 21.6 Å². The summed E-state index contributed by atoms with van der Waals surface area (Å²) in [5.41, 5.74) is 1.74. The Balaban J connectivity index is 1.67. The van der Waals surface area contributed by atoms with Crippen molar-refractivity contribution < 1.29 is 21.6 Å². The third-order valence-electron chi connectivity index (χ3n) is 4.77. The first-order chi connectivity index (χ1) is 15.6. The van der Waals surface area contributed by atoms with E-state index in [1.807, 2.05) is 18.2 Å². The van der Waals surface area contributed by atoms with E-state index in [0.29, 0.717) is 21.8 Å². The van der Waals surface area contributed by atoms with Crippen molar-refractivity contribution >= 4 is 37.8 Å². The van der Waals surface area contributed by atoms with Gasteiger partial charge >= 0.3 is 6.18 Å². The lowest BCUT2D eigenvalue weighted by Gasteiger charge is -2.16. The molecule has 0 bridgehead atoms. The van der Waals surface area contributed by atoms with Crippen molar-refractivity contribution in [2.45, 2.75) is 11.1 Å². The van der Waals surface area contributed by atoms with Gasteiger partial charge in [0.25, 0.3) is 10.0 Å². The van der Waals surface area contributed by atoms with Crippen molar-refractivity contribution in [3.8, 4) is 11.1 Å². The van der Waals surface area contributed by atoms with Crippen LogP contribution in [-0.2, 0) is 16.2 Å². The number of aromatic nitrogens is 3. The fraction of sp³-hybridized carbons (Fsp3) is 0.0952. The van der Waals surface area contributed by atoms with E-state index in [1.165, 1.54) is 12.4 Å². The Kier molecular flexibility index (Phi) is 5.97. The molecular formula is C21H15BrF3N5O2S. The van der Waals surface area contributed by atoms with Crippen molar-refractivity contribution in [3.05, 3.63) is 83.0 Å². The maximum Gasteiger partial charge on any atom is 0.416 e. The van der Waals surface area contributed by atoms with Gasteiger partial charge in [-0.2, -0.15) is 31.1 Å². The number of fused-ring (bicyclic) bond motifs is 1. The minimum atomic E-state index is -4.69. The highest BCUT2D eigenvalue weighted by molar-refractivity contribution is 9.10. The second-order valence-corrected chi connectivity index (χ2v) is 9.67. The topological polar surface area (TPSA) is 79.9 Å². The molecule has 33 heavy (non-hydrogen) atoms. The zero-order valence-electron chi connectivity index (χ0n) is 16.9. The Hall–Kier alpha value is -3.25. The van der Waals surface area contributed by atoms with Gasteiger partial charge in [-0.15, -0.1) is 0 Å². The first-order valence-corrected chi connectivity index (χ1v) is 11.6. The highest BCUT2D eigenvalue weighted by atomic mass is 79.9. The third-order valence-corrected chi connectivity index (χ3v) is 7.40. The Morgan fingerprint density at radius 3 is 2.61 bits per heavy atom. The molecule has 1 aromatic carbocycles. The van der Waals surface area contributed by atoms with Crippen LogP contribution in [0.5, 0.6) is 0 Å². The van der Waals surface area contributed by atoms with Crippen LogP contribution in [0.3, 0.4) is 0 Å². The van der Waals surface area contributed by atoms with E-state index >= 15 is 0 Å². The number of alkyl halides is 3. The molecule has 4 aromatic rings. The minimum Gasteiger partial charge on any atom is -0.298 e. The van der Waals surface area contributed by atoms with Gasteiger partial charge < -0.3 is 0 Å². The summed E-state index contributed by atoms with van der Waals surface area (Å²) in [5.74, 6) is 0. The maximum absolute atomic E-state index is 13.1. The van der Waals surface area contributed by atoms with Crippen molar-refractivity contribution in [2.75, 3.05) is 7.05 Å². The highest BCUT2D eigenvalue weighted by Crippen LogP contribution is 2.34. The Morgan fingerprint density at radius 2 is 1.91 bits per heavy atom. The van der Waals surface area contributed by atoms with Crippen LogP contribution in [0.2, 0.25) is 0 Å². The summed E-state index contributed by atoms with van der Waals surface area (Å²) in [6.07, 6.45) is 3.27. The Morgan fingerprint density at radius 1 is 1.12 bits per heavy atom. The predicted molar refractivity (Wildman–Crippen MR) is 120 cm³/mol. The summed E-state index contributed by atoms with van der Waals surface area (Å²) in [7, 11) is -3.22. The molecule has 0 N–H and O–H groups in total. The van der Waals surface area contributed by atoms with Gasteiger partial charge in [0.05, 0.1) is 23.7 Å². The second-order valence-electron chi connectivity index (χ2n) is 6.90. The molecule has 0 aliphatic rings. The molecule has 0 unspecified atom stereocenters. The number of imidazole rings is 1. The molecule has 0 saturated carbocycles. The smallest absolute Gasteiger partial charge is 0.298 e. The van der Waals surface area contributed by atoms with Gasteiger partial charge in [-0.25, -0.2) is 4.98 Å². The third kappa shape index (κ3) is 4.62. The summed E-state index contributed by atoms with van der Waals surface area (Å²) in [5, 5.41) is 3.95. The van der Waals surface area contributed by atoms with Crippen LogP contribution in [0.1, 0.15) is 11.3 Å². The van der Waals surface area contributed by atoms with Gasteiger partial charge in [0.15, 0.2) is 0 Å². The molecular weight excluding hydrogens is 523 g/mol. The lowest BCUT2D eigenvalue weighted by molar-refractivity contribution is -0.137. The van der Waals surface area contributed by atoms with E-state index in [1.54, 1.807) is 29.1 Å². The molecule has 0 spiro atoms. The Labute approximate surface area is 195 Å². The Bertz CT molecular complexity index is 1450. The molecule has 0 fully saturated rings. The summed E-state index contributed by atoms with van der Waals surface area (Å²) in [6, 6.07) is 9.78. The zero-order chi connectivity index (χ0) is 23.8. The molecule has 0 aliphatic heterocycles. The quantitative estimate of drug-likeness (QED) is 0.269. The zero-order valence-corrected chi connectivity index (χ0v) is 19.3. The summed E-state index contributed by atoms with van der Waals surface area (Å²) in [6.45, 7) is 0. The number of nitrogens with zero attached hydrogens (tertiary/aromatic N) is 5. The molecule has 4 rings (SSSR count). The standard InChI is InChI=1S/C21H15BrF3N5O2S/c1-29(33(31,32)19-9-16(21(23,24)25)5-6-18(19)22)28-12-17-11-27-20-7-4-15(13-30(17)20)14-3-2-8-26-10-14/h2-13H,1H3. The molecule has 0 radical (unpaired) electrons. The van der Waals surface area contributed by atoms with Gasteiger partial charge in [0.1, 0.15) is 10.5 Å². The molecule has 0 saturated heterocycles. The number of rotatable bonds is 5. The van der Waals surface area contributed by atoms with Gasteiger partial charge in [-0.3, -0.25) is 9.38 Å². The number of hydrogen-bond donors (Lipinski definition) is 0. The van der Waals surface area contributed by atoms with Gasteiger partial charge in [0.2, 0.25) is 0 Å². The van der Waals surface area contributed by atoms with Crippen LogP contribution in [-0.4, -0.2) is 40.5 Å². The van der Waals surface area contributed by atoms with Crippen molar-refractivity contribution in [3.63, 3.8) is 0 Å². The highest BCUT2D eigenvalue weighted by Gasteiger charge is 2.33. The molecule has 3 aromatic heterocycles. The monoisotopic (exact) mass is 537 g/mol. The van der Waals surface area contributed by atoms with Gasteiger partial charge in [-0.05, 0) is 52.3 Å². The second kappa shape index (κ2) is 8.60. The van der Waals surface area contributed by atoms with Crippen LogP contribution in [0, 0.1) is 0 Å². The molecule has 170 valence electrons. The number of halogens is 4. The molecule has 12 heteroatoms. The minimum absolute atomic E-state index is 0.00605. The fourth-order valence-electron chi connectivity index (χ4n) is 3.02. The fourth-order valence-corrected chi connectivity index (χ4v) is 4.93. The number of sulfonamides is 1. The number of pyridine rings is 2. The van der Waals surface area contributed by atoms with Gasteiger partial charge in [0, 0.05) is 41.2 Å². The van der Waals surface area contributed by atoms with E-state index in [2.05, 4.69) is 31.0 Å². The molecule has 0 amide bonds. The number of benzene rings is 1. The molecule has 0 aliphatic carbocycles. The van der Waals surface area contributed by atoms with Crippen LogP contribution in [0.4, 0.5) is 13.2 Å². The lowest BCUT2D eigenvalue weighted by Crippen LogP contribution is -2.23. The normalized spacial score (nSPS) is 12.5.